The highest BCUT2D eigenvalue weighted by molar-refractivity contribution is 6.08. The van der Waals surface area contributed by atoms with E-state index >= 15 is 0 Å². The molecule has 0 amide bonds. The average molecular weight is 744 g/mol. The van der Waals surface area contributed by atoms with Crippen molar-refractivity contribution in [3.05, 3.63) is 199 Å². The fourth-order valence-corrected chi connectivity index (χ4v) is 9.07. The molecule has 0 saturated carbocycles. The number of aromatic nitrogens is 5. The molecule has 0 saturated heterocycles. The minimum atomic E-state index is -0.415. The number of hydrogen-bond acceptors (Lipinski definition) is 4. The third kappa shape index (κ3) is 5.39. The SMILES string of the molecule is CC1(C)c2c(-c3nc(-c4ccc(-c5ccccc5)cc4)nc(-c4cccc(-c5ccccc5)c4)n3)cccc2-c2cccc(-n3c4ccccc4c4cccnc43)c21. The third-order valence-electron chi connectivity index (χ3n) is 11.7. The molecular weight excluding hydrogens is 707 g/mol. The maximum Gasteiger partial charge on any atom is 0.164 e. The molecule has 0 unspecified atom stereocenters. The number of benzene rings is 7. The van der Waals surface area contributed by atoms with Crippen molar-refractivity contribution in [3.8, 4) is 73.2 Å². The van der Waals surface area contributed by atoms with Crippen molar-refractivity contribution in [1.82, 2.24) is 24.5 Å². The van der Waals surface area contributed by atoms with E-state index in [2.05, 4.69) is 182 Å². The Morgan fingerprint density at radius 1 is 0.397 bits per heavy atom. The van der Waals surface area contributed by atoms with Gasteiger partial charge in [-0.3, -0.25) is 4.57 Å². The second-order valence-electron chi connectivity index (χ2n) is 15.5. The molecule has 3 aromatic heterocycles. The molecule has 0 bridgehead atoms. The molecule has 5 heteroatoms. The van der Waals surface area contributed by atoms with Crippen LogP contribution < -0.4 is 0 Å². The van der Waals surface area contributed by atoms with Gasteiger partial charge in [-0.05, 0) is 74.8 Å². The number of para-hydroxylation sites is 1. The van der Waals surface area contributed by atoms with Crippen LogP contribution >= 0.6 is 0 Å². The molecule has 0 fully saturated rings. The molecule has 0 N–H and O–H groups in total. The van der Waals surface area contributed by atoms with E-state index in [0.717, 1.165) is 55.6 Å². The number of hydrogen-bond donors (Lipinski definition) is 0. The molecule has 0 atom stereocenters. The van der Waals surface area contributed by atoms with E-state index in [1.807, 2.05) is 24.4 Å². The van der Waals surface area contributed by atoms with Crippen LogP contribution in [-0.4, -0.2) is 24.5 Å². The number of rotatable bonds is 6. The first kappa shape index (κ1) is 33.8. The predicted molar refractivity (Wildman–Crippen MR) is 237 cm³/mol. The van der Waals surface area contributed by atoms with Crippen LogP contribution in [0.2, 0.25) is 0 Å². The van der Waals surface area contributed by atoms with Gasteiger partial charge < -0.3 is 0 Å². The van der Waals surface area contributed by atoms with Crippen molar-refractivity contribution in [2.75, 3.05) is 0 Å². The van der Waals surface area contributed by atoms with Crippen LogP contribution in [0.1, 0.15) is 25.0 Å². The summed E-state index contributed by atoms with van der Waals surface area (Å²) in [5.41, 5.74) is 15.1. The summed E-state index contributed by atoms with van der Waals surface area (Å²) in [5.74, 6) is 1.91. The summed E-state index contributed by atoms with van der Waals surface area (Å²) in [4.78, 5) is 20.7. The fraction of sp³-hybridized carbons (Fsp3) is 0.0566. The molecule has 5 nitrogen and oxygen atoms in total. The molecule has 1 aliphatic carbocycles. The van der Waals surface area contributed by atoms with Gasteiger partial charge >= 0.3 is 0 Å². The van der Waals surface area contributed by atoms with Crippen LogP contribution in [0.15, 0.2) is 188 Å². The van der Waals surface area contributed by atoms with Crippen molar-refractivity contribution in [2.45, 2.75) is 19.3 Å². The molecule has 11 rings (SSSR count). The van der Waals surface area contributed by atoms with E-state index in [1.54, 1.807) is 0 Å². The zero-order valence-corrected chi connectivity index (χ0v) is 32.1. The van der Waals surface area contributed by atoms with Gasteiger partial charge in [0.2, 0.25) is 0 Å². The summed E-state index contributed by atoms with van der Waals surface area (Å²) >= 11 is 0. The normalized spacial score (nSPS) is 12.8. The number of pyridine rings is 1. The molecule has 0 spiro atoms. The standard InChI is InChI=1S/C53H37N5/c1-53(2)47-41(42-23-13-27-46(48(42)53)58-45-26-10-9-21-40(45)43-25-14-32-54-52(43)58)22-12-24-44(47)51-56-49(37-30-28-36(29-31-37)34-15-5-3-6-16-34)55-50(57-51)39-20-11-19-38(33-39)35-17-7-4-8-18-35/h3-33H,1-2H3. The van der Waals surface area contributed by atoms with Crippen LogP contribution in [0.5, 0.6) is 0 Å². The van der Waals surface area contributed by atoms with Crippen molar-refractivity contribution >= 4 is 21.9 Å². The van der Waals surface area contributed by atoms with Crippen LogP contribution in [-0.2, 0) is 5.41 Å². The second kappa shape index (κ2) is 13.3. The van der Waals surface area contributed by atoms with Gasteiger partial charge in [-0.15, -0.1) is 0 Å². The lowest BCUT2D eigenvalue weighted by Crippen LogP contribution is -2.19. The third-order valence-corrected chi connectivity index (χ3v) is 11.7. The lowest BCUT2D eigenvalue weighted by Gasteiger charge is -2.27. The summed E-state index contributed by atoms with van der Waals surface area (Å²) in [6.07, 6.45) is 1.89. The fourth-order valence-electron chi connectivity index (χ4n) is 9.07. The van der Waals surface area contributed by atoms with Crippen LogP contribution in [0, 0.1) is 0 Å². The zero-order valence-electron chi connectivity index (χ0n) is 32.1. The van der Waals surface area contributed by atoms with Crippen molar-refractivity contribution < 1.29 is 0 Å². The molecule has 3 heterocycles. The van der Waals surface area contributed by atoms with E-state index < -0.39 is 5.41 Å². The van der Waals surface area contributed by atoms with Crippen molar-refractivity contribution in [1.29, 1.82) is 0 Å². The van der Waals surface area contributed by atoms with E-state index in [4.69, 9.17) is 19.9 Å². The lowest BCUT2D eigenvalue weighted by atomic mass is 9.79. The van der Waals surface area contributed by atoms with Crippen molar-refractivity contribution in [2.24, 2.45) is 0 Å². The van der Waals surface area contributed by atoms with E-state index in [1.165, 1.54) is 33.2 Å². The first-order valence-electron chi connectivity index (χ1n) is 19.7. The molecule has 0 aliphatic heterocycles. The Hall–Kier alpha value is -7.50. The van der Waals surface area contributed by atoms with Gasteiger partial charge in [-0.25, -0.2) is 19.9 Å². The molecule has 1 aliphatic rings. The van der Waals surface area contributed by atoms with Gasteiger partial charge in [0, 0.05) is 39.1 Å². The first-order valence-corrected chi connectivity index (χ1v) is 19.7. The molecule has 7 aromatic carbocycles. The Labute approximate surface area is 337 Å². The monoisotopic (exact) mass is 743 g/mol. The smallest absolute Gasteiger partial charge is 0.164 e. The second-order valence-corrected chi connectivity index (χ2v) is 15.5. The highest BCUT2D eigenvalue weighted by atomic mass is 15.1. The van der Waals surface area contributed by atoms with Crippen molar-refractivity contribution in [3.63, 3.8) is 0 Å². The van der Waals surface area contributed by atoms with E-state index in [9.17, 15) is 0 Å². The maximum absolute atomic E-state index is 5.32. The predicted octanol–water partition coefficient (Wildman–Crippen LogP) is 13.0. The summed E-state index contributed by atoms with van der Waals surface area (Å²) in [5, 5.41) is 2.33. The molecular formula is C53H37N5. The van der Waals surface area contributed by atoms with Gasteiger partial charge in [0.05, 0.1) is 11.2 Å². The summed E-state index contributed by atoms with van der Waals surface area (Å²) < 4.78 is 2.34. The largest absolute Gasteiger partial charge is 0.294 e. The topological polar surface area (TPSA) is 56.5 Å². The highest BCUT2D eigenvalue weighted by Gasteiger charge is 2.41. The number of nitrogens with zero attached hydrogens (tertiary/aromatic N) is 5. The highest BCUT2D eigenvalue weighted by Crippen LogP contribution is 2.54. The Kier molecular flexibility index (Phi) is 7.76. The van der Waals surface area contributed by atoms with Gasteiger partial charge in [-0.2, -0.15) is 0 Å². The van der Waals surface area contributed by atoms with Crippen LogP contribution in [0.3, 0.4) is 0 Å². The first-order chi connectivity index (χ1) is 28.5. The van der Waals surface area contributed by atoms with E-state index in [-0.39, 0.29) is 0 Å². The molecule has 0 radical (unpaired) electrons. The Morgan fingerprint density at radius 2 is 0.931 bits per heavy atom. The quantitative estimate of drug-likeness (QED) is 0.170. The minimum absolute atomic E-state index is 0.415. The number of fused-ring (bicyclic) bond motifs is 6. The van der Waals surface area contributed by atoms with E-state index in [0.29, 0.717) is 17.5 Å². The van der Waals surface area contributed by atoms with Crippen LogP contribution in [0.4, 0.5) is 0 Å². The minimum Gasteiger partial charge on any atom is -0.294 e. The Morgan fingerprint density at radius 3 is 1.71 bits per heavy atom. The zero-order chi connectivity index (χ0) is 38.8. The Bertz CT molecular complexity index is 3130. The summed E-state index contributed by atoms with van der Waals surface area (Å²) in [6, 6.07) is 63.9. The van der Waals surface area contributed by atoms with Gasteiger partial charge in [0.25, 0.3) is 0 Å². The Balaban J connectivity index is 1.10. The molecule has 10 aromatic rings. The molecule has 58 heavy (non-hydrogen) atoms. The van der Waals surface area contributed by atoms with Gasteiger partial charge in [0.15, 0.2) is 17.5 Å². The summed E-state index contributed by atoms with van der Waals surface area (Å²) in [6.45, 7) is 4.67. The maximum atomic E-state index is 5.32. The van der Waals surface area contributed by atoms with Crippen LogP contribution in [0.25, 0.3) is 95.2 Å². The average Bonchev–Trinajstić information content (AvgIpc) is 3.75. The van der Waals surface area contributed by atoms with Gasteiger partial charge in [-0.1, -0.05) is 166 Å². The van der Waals surface area contributed by atoms with Gasteiger partial charge in [0.1, 0.15) is 5.65 Å². The summed E-state index contributed by atoms with van der Waals surface area (Å²) in [7, 11) is 0. The molecule has 274 valence electrons. The lowest BCUT2D eigenvalue weighted by molar-refractivity contribution is 0.657.